The van der Waals surface area contributed by atoms with Gasteiger partial charge < -0.3 is 8.83 Å². The van der Waals surface area contributed by atoms with Gasteiger partial charge >= 0.3 is 0 Å². The molecule has 3 heteroatoms. The highest BCUT2D eigenvalue weighted by Gasteiger charge is 2.10. The van der Waals surface area contributed by atoms with E-state index in [0.29, 0.717) is 0 Å². The fourth-order valence-electron chi connectivity index (χ4n) is 1.54. The van der Waals surface area contributed by atoms with Gasteiger partial charge in [0, 0.05) is 0 Å². The molecule has 0 unspecified atom stereocenters. The Kier molecular flexibility index (Phi) is 2.65. The van der Waals surface area contributed by atoms with Gasteiger partial charge in [-0.15, -0.1) is 0 Å². The lowest BCUT2D eigenvalue weighted by atomic mass is 10.4. The number of furan rings is 2. The average molecular weight is 222 g/mol. The predicted octanol–water partition coefficient (Wildman–Crippen LogP) is 4.26. The summed E-state index contributed by atoms with van der Waals surface area (Å²) in [7, 11) is 0. The molecule has 0 bridgehead atoms. The smallest absolute Gasteiger partial charge is 0.114 e. The van der Waals surface area contributed by atoms with Gasteiger partial charge in [-0.25, -0.2) is 0 Å². The van der Waals surface area contributed by atoms with Crippen LogP contribution in [0.25, 0.3) is 0 Å². The molecule has 2 aromatic heterocycles. The van der Waals surface area contributed by atoms with Gasteiger partial charge in [0.1, 0.15) is 23.0 Å². The molecular formula is C12H14O2S. The van der Waals surface area contributed by atoms with Crippen LogP contribution in [0.3, 0.4) is 0 Å². The van der Waals surface area contributed by atoms with E-state index in [1.165, 1.54) is 0 Å². The van der Waals surface area contributed by atoms with Gasteiger partial charge in [0.2, 0.25) is 0 Å². The van der Waals surface area contributed by atoms with Crippen LogP contribution < -0.4 is 0 Å². The van der Waals surface area contributed by atoms with E-state index in [2.05, 4.69) is 12.1 Å². The second-order valence-corrected chi connectivity index (χ2v) is 4.74. The second kappa shape index (κ2) is 3.81. The lowest BCUT2D eigenvalue weighted by Gasteiger charge is -1.96. The van der Waals surface area contributed by atoms with E-state index in [4.69, 9.17) is 8.83 Å². The summed E-state index contributed by atoms with van der Waals surface area (Å²) in [5.74, 6) is 3.84. The van der Waals surface area contributed by atoms with Gasteiger partial charge in [-0.1, -0.05) is 11.8 Å². The standard InChI is InChI=1S/C12H14O2S/c1-7-5-11(9(3)13-7)15-12-6-8(2)14-10(12)4/h5-6H,1-4H3. The van der Waals surface area contributed by atoms with Gasteiger partial charge in [0.15, 0.2) is 0 Å². The van der Waals surface area contributed by atoms with Crippen molar-refractivity contribution in [2.45, 2.75) is 37.5 Å². The molecular weight excluding hydrogens is 208 g/mol. The third-order valence-electron chi connectivity index (χ3n) is 2.21. The van der Waals surface area contributed by atoms with Crippen LogP contribution in [0.5, 0.6) is 0 Å². The van der Waals surface area contributed by atoms with Crippen molar-refractivity contribution in [1.29, 1.82) is 0 Å². The molecule has 0 aromatic carbocycles. The van der Waals surface area contributed by atoms with Crippen molar-refractivity contribution in [3.63, 3.8) is 0 Å². The third kappa shape index (κ3) is 2.12. The Morgan fingerprint density at radius 3 is 1.47 bits per heavy atom. The highest BCUT2D eigenvalue weighted by atomic mass is 32.2. The van der Waals surface area contributed by atoms with Crippen molar-refractivity contribution in [2.75, 3.05) is 0 Å². The average Bonchev–Trinajstić information content (AvgIpc) is 2.58. The van der Waals surface area contributed by atoms with E-state index >= 15 is 0 Å². The van der Waals surface area contributed by atoms with E-state index in [9.17, 15) is 0 Å². The van der Waals surface area contributed by atoms with Crippen molar-refractivity contribution in [1.82, 2.24) is 0 Å². The molecule has 0 aliphatic heterocycles. The van der Waals surface area contributed by atoms with Crippen LogP contribution in [0.1, 0.15) is 23.0 Å². The van der Waals surface area contributed by atoms with E-state index in [1.54, 1.807) is 11.8 Å². The first kappa shape index (κ1) is 10.4. The fourth-order valence-corrected chi connectivity index (χ4v) is 2.59. The minimum atomic E-state index is 0.952. The molecule has 0 atom stereocenters. The number of hydrogen-bond donors (Lipinski definition) is 0. The monoisotopic (exact) mass is 222 g/mol. The van der Waals surface area contributed by atoms with Gasteiger partial charge in [0.25, 0.3) is 0 Å². The Bertz CT molecular complexity index is 436. The molecule has 0 aliphatic carbocycles. The minimum absolute atomic E-state index is 0.952. The summed E-state index contributed by atoms with van der Waals surface area (Å²) in [4.78, 5) is 2.33. The lowest BCUT2D eigenvalue weighted by molar-refractivity contribution is 0.497. The first-order valence-corrected chi connectivity index (χ1v) is 5.70. The number of rotatable bonds is 2. The van der Waals surface area contributed by atoms with E-state index < -0.39 is 0 Å². The molecule has 0 fully saturated rings. The zero-order valence-corrected chi connectivity index (χ0v) is 10.2. The molecule has 0 N–H and O–H groups in total. The van der Waals surface area contributed by atoms with E-state index in [0.717, 1.165) is 32.8 Å². The molecule has 15 heavy (non-hydrogen) atoms. The Hall–Kier alpha value is -1.09. The lowest BCUT2D eigenvalue weighted by Crippen LogP contribution is -1.72. The molecule has 2 heterocycles. The van der Waals surface area contributed by atoms with Crippen LogP contribution in [-0.4, -0.2) is 0 Å². The van der Waals surface area contributed by atoms with Crippen molar-refractivity contribution in [2.24, 2.45) is 0 Å². The zero-order valence-electron chi connectivity index (χ0n) is 9.38. The van der Waals surface area contributed by atoms with E-state index in [-0.39, 0.29) is 0 Å². The Labute approximate surface area is 93.7 Å². The molecule has 2 nitrogen and oxygen atoms in total. The third-order valence-corrected chi connectivity index (χ3v) is 3.46. The summed E-state index contributed by atoms with van der Waals surface area (Å²) in [5.41, 5.74) is 0. The Morgan fingerprint density at radius 1 is 0.800 bits per heavy atom. The molecule has 0 radical (unpaired) electrons. The number of aryl methyl sites for hydroxylation is 4. The maximum atomic E-state index is 5.48. The Morgan fingerprint density at radius 2 is 1.20 bits per heavy atom. The summed E-state index contributed by atoms with van der Waals surface area (Å²) in [6.45, 7) is 7.89. The summed E-state index contributed by atoms with van der Waals surface area (Å²) >= 11 is 1.69. The quantitative estimate of drug-likeness (QED) is 0.759. The Balaban J connectivity index is 2.29. The van der Waals surface area contributed by atoms with Crippen molar-refractivity contribution in [3.8, 4) is 0 Å². The van der Waals surface area contributed by atoms with Gasteiger partial charge in [-0.2, -0.15) is 0 Å². The molecule has 0 saturated carbocycles. The molecule has 2 aromatic rings. The molecule has 80 valence electrons. The summed E-state index contributed by atoms with van der Waals surface area (Å²) in [5, 5.41) is 0. The van der Waals surface area contributed by atoms with Gasteiger partial charge in [-0.3, -0.25) is 0 Å². The predicted molar refractivity (Wildman–Crippen MR) is 60.5 cm³/mol. The summed E-state index contributed by atoms with van der Waals surface area (Å²) in [6.07, 6.45) is 0. The van der Waals surface area contributed by atoms with Gasteiger partial charge in [0.05, 0.1) is 9.79 Å². The molecule has 0 spiro atoms. The highest BCUT2D eigenvalue weighted by molar-refractivity contribution is 7.99. The minimum Gasteiger partial charge on any atom is -0.465 e. The molecule has 0 aliphatic rings. The molecule has 2 rings (SSSR count). The van der Waals surface area contributed by atoms with Crippen molar-refractivity contribution >= 4 is 11.8 Å². The topological polar surface area (TPSA) is 26.3 Å². The maximum Gasteiger partial charge on any atom is 0.114 e. The normalized spacial score (nSPS) is 10.9. The number of hydrogen-bond acceptors (Lipinski definition) is 3. The van der Waals surface area contributed by atoms with Crippen LogP contribution >= 0.6 is 11.8 Å². The first-order chi connectivity index (χ1) is 7.06. The van der Waals surface area contributed by atoms with Crippen LogP contribution in [-0.2, 0) is 0 Å². The highest BCUT2D eigenvalue weighted by Crippen LogP contribution is 2.35. The second-order valence-electron chi connectivity index (χ2n) is 3.66. The van der Waals surface area contributed by atoms with Crippen LogP contribution in [0.4, 0.5) is 0 Å². The summed E-state index contributed by atoms with van der Waals surface area (Å²) in [6, 6.07) is 4.11. The molecule has 0 amide bonds. The SMILES string of the molecule is Cc1cc(Sc2cc(C)oc2C)c(C)o1. The largest absolute Gasteiger partial charge is 0.465 e. The van der Waals surface area contributed by atoms with Crippen LogP contribution in [0.2, 0.25) is 0 Å². The first-order valence-electron chi connectivity index (χ1n) is 4.88. The van der Waals surface area contributed by atoms with E-state index in [1.807, 2.05) is 27.7 Å². The summed E-state index contributed by atoms with van der Waals surface area (Å²) < 4.78 is 11.0. The fraction of sp³-hybridized carbons (Fsp3) is 0.333. The van der Waals surface area contributed by atoms with Gasteiger partial charge in [-0.05, 0) is 39.8 Å². The van der Waals surface area contributed by atoms with Crippen LogP contribution in [0, 0.1) is 27.7 Å². The van der Waals surface area contributed by atoms with Crippen molar-refractivity contribution < 1.29 is 8.83 Å². The molecule has 0 saturated heterocycles. The van der Waals surface area contributed by atoms with Crippen LogP contribution in [0.15, 0.2) is 30.8 Å². The van der Waals surface area contributed by atoms with Crippen molar-refractivity contribution in [3.05, 3.63) is 35.2 Å². The zero-order chi connectivity index (χ0) is 11.0. The maximum absolute atomic E-state index is 5.48.